The van der Waals surface area contributed by atoms with Crippen molar-refractivity contribution in [3.63, 3.8) is 0 Å². The second-order valence-electron chi connectivity index (χ2n) is 6.42. The summed E-state index contributed by atoms with van der Waals surface area (Å²) in [6.45, 7) is 10.4. The molecule has 11 nitrogen and oxygen atoms in total. The molecule has 1 aromatic rings. The Morgan fingerprint density at radius 2 is 1.03 bits per heavy atom. The summed E-state index contributed by atoms with van der Waals surface area (Å²) in [5.74, 6) is 0. The van der Waals surface area contributed by atoms with E-state index in [4.69, 9.17) is 38.3 Å². The number of aliphatic hydroxyl groups excluding tert-OH is 1. The zero-order chi connectivity index (χ0) is 22.2. The Bertz CT molecular complexity index is 493. The van der Waals surface area contributed by atoms with Gasteiger partial charge in [-0.05, 0) is 6.42 Å². The first kappa shape index (κ1) is 27.9. The molecule has 0 spiro atoms. The van der Waals surface area contributed by atoms with Gasteiger partial charge in [-0.15, -0.1) is 5.10 Å². The Labute approximate surface area is 184 Å². The molecule has 1 heterocycles. The van der Waals surface area contributed by atoms with Crippen molar-refractivity contribution >= 4 is 0 Å². The van der Waals surface area contributed by atoms with Crippen molar-refractivity contribution in [1.29, 1.82) is 0 Å². The van der Waals surface area contributed by atoms with Crippen LogP contribution in [0, 0.1) is 0 Å². The van der Waals surface area contributed by atoms with Crippen LogP contribution in [0.15, 0.2) is 6.20 Å². The fraction of sp³-hybridized carbons (Fsp3) is 0.900. The zero-order valence-electron chi connectivity index (χ0n) is 18.7. The van der Waals surface area contributed by atoms with E-state index in [1.165, 1.54) is 0 Å². The van der Waals surface area contributed by atoms with Crippen molar-refractivity contribution in [3.8, 4) is 0 Å². The van der Waals surface area contributed by atoms with E-state index in [0.717, 1.165) is 13.0 Å². The van der Waals surface area contributed by atoms with E-state index in [9.17, 15) is 0 Å². The summed E-state index contributed by atoms with van der Waals surface area (Å²) in [6.07, 6.45) is 2.72. The summed E-state index contributed by atoms with van der Waals surface area (Å²) in [7, 11) is 0. The molecule has 0 saturated carbocycles. The highest BCUT2D eigenvalue weighted by Gasteiger charge is 1.99. The molecule has 0 fully saturated rings. The standard InChI is InChI=1S/C20H39N3O8/c1-2-4-25-6-8-27-10-12-29-14-16-31-17-15-30-13-11-28-9-7-26-5-3-23-18-20(19-24)21-22-23/h18,24H,2-17,19H2,1H3. The number of aliphatic hydroxyl groups is 1. The van der Waals surface area contributed by atoms with Gasteiger partial charge in [-0.2, -0.15) is 0 Å². The normalized spacial score (nSPS) is 11.4. The molecule has 1 aromatic heterocycles. The molecule has 0 aliphatic carbocycles. The summed E-state index contributed by atoms with van der Waals surface area (Å²) < 4.78 is 39.5. The van der Waals surface area contributed by atoms with Crippen molar-refractivity contribution in [2.75, 3.05) is 92.5 Å². The Morgan fingerprint density at radius 1 is 0.645 bits per heavy atom. The van der Waals surface area contributed by atoms with Gasteiger partial charge in [-0.25, -0.2) is 4.68 Å². The van der Waals surface area contributed by atoms with E-state index in [-0.39, 0.29) is 6.61 Å². The van der Waals surface area contributed by atoms with Crippen LogP contribution in [0.4, 0.5) is 0 Å². The Kier molecular flexibility index (Phi) is 19.8. The molecule has 0 bridgehead atoms. The van der Waals surface area contributed by atoms with Gasteiger partial charge in [-0.3, -0.25) is 0 Å². The Balaban J connectivity index is 1.67. The van der Waals surface area contributed by atoms with Crippen molar-refractivity contribution in [1.82, 2.24) is 15.0 Å². The van der Waals surface area contributed by atoms with Crippen LogP contribution in [0.25, 0.3) is 0 Å². The minimum absolute atomic E-state index is 0.108. The molecule has 0 aliphatic heterocycles. The third-order valence-electron chi connectivity index (χ3n) is 3.79. The van der Waals surface area contributed by atoms with Gasteiger partial charge in [-0.1, -0.05) is 12.1 Å². The summed E-state index contributed by atoms with van der Waals surface area (Å²) in [5, 5.41) is 16.6. The summed E-state index contributed by atoms with van der Waals surface area (Å²) in [4.78, 5) is 0. The Morgan fingerprint density at radius 3 is 1.39 bits per heavy atom. The minimum atomic E-state index is -0.108. The topological polar surface area (TPSA) is 116 Å². The molecule has 0 atom stereocenters. The van der Waals surface area contributed by atoms with Crippen LogP contribution >= 0.6 is 0 Å². The number of rotatable bonds is 24. The minimum Gasteiger partial charge on any atom is -0.390 e. The molecular formula is C20H39N3O8. The zero-order valence-corrected chi connectivity index (χ0v) is 18.7. The van der Waals surface area contributed by atoms with Gasteiger partial charge < -0.3 is 38.3 Å². The van der Waals surface area contributed by atoms with Crippen LogP contribution in [-0.2, 0) is 46.3 Å². The number of hydrogen-bond donors (Lipinski definition) is 1. The molecule has 11 heteroatoms. The Hall–Kier alpha value is -1.18. The van der Waals surface area contributed by atoms with E-state index in [0.29, 0.717) is 98.1 Å². The van der Waals surface area contributed by atoms with Gasteiger partial charge in [0.15, 0.2) is 0 Å². The lowest BCUT2D eigenvalue weighted by atomic mass is 10.5. The van der Waals surface area contributed by atoms with Crippen molar-refractivity contribution in [2.24, 2.45) is 0 Å². The first-order valence-corrected chi connectivity index (χ1v) is 10.9. The highest BCUT2D eigenvalue weighted by atomic mass is 16.6. The predicted octanol–water partition coefficient (Wildman–Crippen LogP) is 0.297. The number of aromatic nitrogens is 3. The van der Waals surface area contributed by atoms with Crippen LogP contribution in [-0.4, -0.2) is 113 Å². The second kappa shape index (κ2) is 22.0. The maximum Gasteiger partial charge on any atom is 0.108 e. The van der Waals surface area contributed by atoms with Crippen molar-refractivity contribution in [2.45, 2.75) is 26.5 Å². The van der Waals surface area contributed by atoms with Crippen LogP contribution < -0.4 is 0 Å². The molecule has 0 aromatic carbocycles. The molecular weight excluding hydrogens is 410 g/mol. The maximum atomic E-state index is 8.91. The van der Waals surface area contributed by atoms with Crippen LogP contribution in [0.5, 0.6) is 0 Å². The van der Waals surface area contributed by atoms with Crippen molar-refractivity contribution in [3.05, 3.63) is 11.9 Å². The summed E-state index contributed by atoms with van der Waals surface area (Å²) >= 11 is 0. The van der Waals surface area contributed by atoms with Gasteiger partial charge in [0.05, 0.1) is 105 Å². The van der Waals surface area contributed by atoms with E-state index in [1.54, 1.807) is 10.9 Å². The predicted molar refractivity (Wildman–Crippen MR) is 112 cm³/mol. The third kappa shape index (κ3) is 18.1. The molecule has 0 radical (unpaired) electrons. The lowest BCUT2D eigenvalue weighted by molar-refractivity contribution is -0.0207. The SMILES string of the molecule is CCCOCCOCCOCCOCCOCCOCCOCCn1cc(CO)nn1. The molecule has 0 unspecified atom stereocenters. The van der Waals surface area contributed by atoms with Crippen LogP contribution in [0.2, 0.25) is 0 Å². The average molecular weight is 450 g/mol. The highest BCUT2D eigenvalue weighted by Crippen LogP contribution is 1.92. The van der Waals surface area contributed by atoms with Gasteiger partial charge in [0, 0.05) is 6.61 Å². The molecule has 0 aliphatic rings. The summed E-state index contributed by atoms with van der Waals surface area (Å²) in [5.41, 5.74) is 0.548. The number of ether oxygens (including phenoxy) is 7. The summed E-state index contributed by atoms with van der Waals surface area (Å²) in [6, 6.07) is 0. The van der Waals surface area contributed by atoms with E-state index < -0.39 is 0 Å². The fourth-order valence-electron chi connectivity index (χ4n) is 2.24. The van der Waals surface area contributed by atoms with Gasteiger partial charge >= 0.3 is 0 Å². The monoisotopic (exact) mass is 449 g/mol. The van der Waals surface area contributed by atoms with Crippen LogP contribution in [0.1, 0.15) is 19.0 Å². The maximum absolute atomic E-state index is 8.91. The second-order valence-corrected chi connectivity index (χ2v) is 6.42. The fourth-order valence-corrected chi connectivity index (χ4v) is 2.24. The number of hydrogen-bond acceptors (Lipinski definition) is 10. The van der Waals surface area contributed by atoms with Gasteiger partial charge in [0.25, 0.3) is 0 Å². The van der Waals surface area contributed by atoms with E-state index in [2.05, 4.69) is 17.2 Å². The number of nitrogens with zero attached hydrogens (tertiary/aromatic N) is 3. The molecule has 0 amide bonds. The van der Waals surface area contributed by atoms with Crippen LogP contribution in [0.3, 0.4) is 0 Å². The van der Waals surface area contributed by atoms with Crippen molar-refractivity contribution < 1.29 is 38.3 Å². The van der Waals surface area contributed by atoms with E-state index >= 15 is 0 Å². The quantitative estimate of drug-likeness (QED) is 0.221. The molecule has 0 saturated heterocycles. The first-order chi connectivity index (χ1) is 15.4. The molecule has 1 N–H and O–H groups in total. The largest absolute Gasteiger partial charge is 0.390 e. The third-order valence-corrected chi connectivity index (χ3v) is 3.79. The average Bonchev–Trinajstić information content (AvgIpc) is 3.25. The van der Waals surface area contributed by atoms with Gasteiger partial charge in [0.2, 0.25) is 0 Å². The van der Waals surface area contributed by atoms with Gasteiger partial charge in [0.1, 0.15) is 5.69 Å². The molecule has 1 rings (SSSR count). The lowest BCUT2D eigenvalue weighted by Crippen LogP contribution is -2.15. The molecule has 31 heavy (non-hydrogen) atoms. The lowest BCUT2D eigenvalue weighted by Gasteiger charge is -2.08. The highest BCUT2D eigenvalue weighted by molar-refractivity contribution is 4.88. The van der Waals surface area contributed by atoms with E-state index in [1.807, 2.05) is 0 Å². The smallest absolute Gasteiger partial charge is 0.108 e. The first-order valence-electron chi connectivity index (χ1n) is 10.9. The molecule has 182 valence electrons.